The maximum Gasteiger partial charge on any atom is 0.164 e. The molecule has 4 rings (SSSR count). The largest absolute Gasteiger partial charge is 0.490 e. The molecular weight excluding hydrogens is 333 g/mol. The maximum atomic E-state index is 14.3. The number of ketones is 1. The fraction of sp³-hybridized carbons (Fsp3) is 0.381. The van der Waals surface area contributed by atoms with Crippen molar-refractivity contribution in [2.45, 2.75) is 32.2 Å². The van der Waals surface area contributed by atoms with Gasteiger partial charge < -0.3 is 14.4 Å². The third-order valence-electron chi connectivity index (χ3n) is 5.06. The summed E-state index contributed by atoms with van der Waals surface area (Å²) in [7, 11) is 0. The molecule has 1 unspecified atom stereocenters. The number of carbonyl (C=O) groups excluding carboxylic acids is 1. The fourth-order valence-corrected chi connectivity index (χ4v) is 3.89. The van der Waals surface area contributed by atoms with Crippen LogP contribution in [-0.4, -0.2) is 25.5 Å². The van der Waals surface area contributed by atoms with E-state index in [1.807, 2.05) is 24.3 Å². The van der Waals surface area contributed by atoms with Crippen LogP contribution >= 0.6 is 0 Å². The summed E-state index contributed by atoms with van der Waals surface area (Å²) in [6.07, 6.45) is 2.81. The Balaban J connectivity index is 1.71. The number of nitrogens with zero attached hydrogens (tertiary/aromatic N) is 1. The van der Waals surface area contributed by atoms with Gasteiger partial charge in [0.1, 0.15) is 5.82 Å². The summed E-state index contributed by atoms with van der Waals surface area (Å²) in [5, 5.41) is 0. The highest BCUT2D eigenvalue weighted by Gasteiger charge is 2.30. The van der Waals surface area contributed by atoms with Crippen LogP contribution in [-0.2, 0) is 0 Å². The zero-order valence-electron chi connectivity index (χ0n) is 14.8. The van der Waals surface area contributed by atoms with Crippen molar-refractivity contribution in [2.24, 2.45) is 0 Å². The Kier molecular flexibility index (Phi) is 4.53. The first-order valence-corrected chi connectivity index (χ1v) is 9.11. The van der Waals surface area contributed by atoms with Gasteiger partial charge in [0.25, 0.3) is 0 Å². The second-order valence-corrected chi connectivity index (χ2v) is 6.80. The van der Waals surface area contributed by atoms with Gasteiger partial charge in [0.2, 0.25) is 0 Å². The van der Waals surface area contributed by atoms with Crippen LogP contribution in [0.1, 0.15) is 48.1 Å². The van der Waals surface area contributed by atoms with Gasteiger partial charge in [-0.3, -0.25) is 4.79 Å². The van der Waals surface area contributed by atoms with Gasteiger partial charge in [-0.1, -0.05) is 12.1 Å². The molecule has 1 atom stereocenters. The number of hydrogen-bond donors (Lipinski definition) is 0. The normalized spacial score (nSPS) is 19.3. The van der Waals surface area contributed by atoms with Crippen molar-refractivity contribution in [2.75, 3.05) is 24.7 Å². The van der Waals surface area contributed by atoms with Crippen molar-refractivity contribution in [3.05, 3.63) is 53.3 Å². The summed E-state index contributed by atoms with van der Waals surface area (Å²) in [5.74, 6) is 0.825. The molecule has 1 fully saturated rings. The van der Waals surface area contributed by atoms with E-state index < -0.39 is 5.82 Å². The number of carbonyl (C=O) groups is 1. The van der Waals surface area contributed by atoms with Crippen molar-refractivity contribution in [3.8, 4) is 11.5 Å². The molecular formula is C21H22FNO3. The summed E-state index contributed by atoms with van der Waals surface area (Å²) >= 11 is 0. The molecule has 136 valence electrons. The number of hydrogen-bond acceptors (Lipinski definition) is 4. The molecule has 5 heteroatoms. The van der Waals surface area contributed by atoms with E-state index in [9.17, 15) is 9.18 Å². The monoisotopic (exact) mass is 355 g/mol. The summed E-state index contributed by atoms with van der Waals surface area (Å²) in [4.78, 5) is 14.2. The molecule has 2 aromatic rings. The number of halogens is 1. The van der Waals surface area contributed by atoms with Crippen LogP contribution in [0.25, 0.3) is 0 Å². The van der Waals surface area contributed by atoms with Crippen LogP contribution in [0.4, 0.5) is 10.1 Å². The van der Waals surface area contributed by atoms with E-state index in [4.69, 9.17) is 9.47 Å². The standard InChI is InChI=1S/C21H22FNO3/c1-14(24)21-16(22)5-2-6-18(21)23-10-3-7-17(23)15-8-9-19-20(13-15)26-12-4-11-25-19/h2,5-6,8-9,13,17H,3-4,7,10-12H2,1H3. The van der Waals surface area contributed by atoms with E-state index >= 15 is 0 Å². The number of rotatable bonds is 3. The quantitative estimate of drug-likeness (QED) is 0.758. The Labute approximate surface area is 152 Å². The Bertz CT molecular complexity index is 836. The molecule has 2 aromatic carbocycles. The van der Waals surface area contributed by atoms with E-state index in [0.717, 1.165) is 42.9 Å². The van der Waals surface area contributed by atoms with E-state index in [-0.39, 0.29) is 17.4 Å². The molecule has 0 bridgehead atoms. The fourth-order valence-electron chi connectivity index (χ4n) is 3.89. The zero-order chi connectivity index (χ0) is 18.1. The molecule has 0 amide bonds. The van der Waals surface area contributed by atoms with E-state index in [1.165, 1.54) is 13.0 Å². The molecule has 1 saturated heterocycles. The molecule has 26 heavy (non-hydrogen) atoms. The van der Waals surface area contributed by atoms with Gasteiger partial charge in [-0.2, -0.15) is 0 Å². The molecule has 2 aliphatic rings. The minimum Gasteiger partial charge on any atom is -0.490 e. The molecule has 2 aliphatic heterocycles. The topological polar surface area (TPSA) is 38.8 Å². The zero-order valence-corrected chi connectivity index (χ0v) is 14.8. The highest BCUT2D eigenvalue weighted by molar-refractivity contribution is 6.00. The Morgan fingerprint density at radius 3 is 2.73 bits per heavy atom. The van der Waals surface area contributed by atoms with Crippen LogP contribution in [0.2, 0.25) is 0 Å². The van der Waals surface area contributed by atoms with Gasteiger partial charge in [-0.25, -0.2) is 4.39 Å². The van der Waals surface area contributed by atoms with Crippen molar-refractivity contribution in [1.29, 1.82) is 0 Å². The van der Waals surface area contributed by atoms with Gasteiger partial charge in [0.05, 0.1) is 30.5 Å². The predicted octanol–water partition coefficient (Wildman–Crippen LogP) is 4.53. The predicted molar refractivity (Wildman–Crippen MR) is 97.8 cm³/mol. The summed E-state index contributed by atoms with van der Waals surface area (Å²) in [5.41, 5.74) is 1.95. The average molecular weight is 355 g/mol. The molecule has 2 heterocycles. The van der Waals surface area contributed by atoms with Gasteiger partial charge >= 0.3 is 0 Å². The first kappa shape index (κ1) is 16.9. The SMILES string of the molecule is CC(=O)c1c(F)cccc1N1CCCC1c1ccc2c(c1)OCCCO2. The Morgan fingerprint density at radius 1 is 1.12 bits per heavy atom. The second-order valence-electron chi connectivity index (χ2n) is 6.80. The van der Waals surface area contributed by atoms with Crippen molar-refractivity contribution >= 4 is 11.5 Å². The lowest BCUT2D eigenvalue weighted by Crippen LogP contribution is -2.25. The first-order valence-electron chi connectivity index (χ1n) is 9.11. The molecule has 0 aromatic heterocycles. The second kappa shape index (κ2) is 6.98. The van der Waals surface area contributed by atoms with Crippen molar-refractivity contribution in [1.82, 2.24) is 0 Å². The maximum absolute atomic E-state index is 14.3. The highest BCUT2D eigenvalue weighted by atomic mass is 19.1. The summed E-state index contributed by atoms with van der Waals surface area (Å²) < 4.78 is 25.8. The van der Waals surface area contributed by atoms with E-state index in [2.05, 4.69) is 4.90 Å². The van der Waals surface area contributed by atoms with Crippen LogP contribution in [0.15, 0.2) is 36.4 Å². The van der Waals surface area contributed by atoms with E-state index in [1.54, 1.807) is 6.07 Å². The van der Waals surface area contributed by atoms with Gasteiger partial charge in [-0.15, -0.1) is 0 Å². The van der Waals surface area contributed by atoms with Crippen LogP contribution in [0.5, 0.6) is 11.5 Å². The third-order valence-corrected chi connectivity index (χ3v) is 5.06. The summed E-state index contributed by atoms with van der Waals surface area (Å²) in [6, 6.07) is 11.0. The molecule has 0 aliphatic carbocycles. The number of ether oxygens (including phenoxy) is 2. The Morgan fingerprint density at radius 2 is 1.92 bits per heavy atom. The first-order chi connectivity index (χ1) is 12.6. The Hall–Kier alpha value is -2.56. The number of Topliss-reactive ketones (excluding diaryl/α,β-unsaturated/α-hetero) is 1. The van der Waals surface area contributed by atoms with Crippen molar-refractivity contribution in [3.63, 3.8) is 0 Å². The molecule has 4 nitrogen and oxygen atoms in total. The van der Waals surface area contributed by atoms with Crippen molar-refractivity contribution < 1.29 is 18.7 Å². The number of fused-ring (bicyclic) bond motifs is 1. The average Bonchev–Trinajstić information content (AvgIpc) is 2.99. The minimum absolute atomic E-state index is 0.0899. The van der Waals surface area contributed by atoms with Crippen LogP contribution < -0.4 is 14.4 Å². The van der Waals surface area contributed by atoms with Crippen LogP contribution in [0.3, 0.4) is 0 Å². The van der Waals surface area contributed by atoms with Gasteiger partial charge in [0, 0.05) is 13.0 Å². The number of benzene rings is 2. The van der Waals surface area contributed by atoms with Gasteiger partial charge in [0.15, 0.2) is 17.3 Å². The molecule has 0 saturated carbocycles. The van der Waals surface area contributed by atoms with Gasteiger partial charge in [-0.05, 0) is 49.6 Å². The third kappa shape index (κ3) is 3.02. The minimum atomic E-state index is -0.459. The lowest BCUT2D eigenvalue weighted by molar-refractivity contribution is 0.101. The smallest absolute Gasteiger partial charge is 0.164 e. The number of anilines is 1. The van der Waals surface area contributed by atoms with Crippen LogP contribution in [0, 0.1) is 5.82 Å². The lowest BCUT2D eigenvalue weighted by atomic mass is 10.0. The molecule has 0 radical (unpaired) electrons. The van der Waals surface area contributed by atoms with E-state index in [0.29, 0.717) is 18.9 Å². The highest BCUT2D eigenvalue weighted by Crippen LogP contribution is 2.41. The molecule has 0 spiro atoms. The molecule has 0 N–H and O–H groups in total. The lowest BCUT2D eigenvalue weighted by Gasteiger charge is -2.29. The summed E-state index contributed by atoms with van der Waals surface area (Å²) in [6.45, 7) is 3.51.